The van der Waals surface area contributed by atoms with Crippen molar-refractivity contribution in [1.29, 1.82) is 0 Å². The summed E-state index contributed by atoms with van der Waals surface area (Å²) in [6.45, 7) is 11.9. The van der Waals surface area contributed by atoms with Crippen LogP contribution in [0.5, 0.6) is 0 Å². The van der Waals surface area contributed by atoms with Crippen molar-refractivity contribution in [3.8, 4) is 0 Å². The molecule has 2 N–H and O–H groups in total. The molecule has 6 heteroatoms. The summed E-state index contributed by atoms with van der Waals surface area (Å²) < 4.78 is 5.87. The second-order valence-corrected chi connectivity index (χ2v) is 8.53. The molecule has 1 aliphatic heterocycles. The van der Waals surface area contributed by atoms with Crippen molar-refractivity contribution in [3.63, 3.8) is 0 Å². The highest BCUT2D eigenvalue weighted by Crippen LogP contribution is 2.17. The van der Waals surface area contributed by atoms with Crippen molar-refractivity contribution < 1.29 is 4.74 Å². The largest absolute Gasteiger partial charge is 0.373 e. The zero-order valence-electron chi connectivity index (χ0n) is 18.0. The number of nitrogens with zero attached hydrogens (tertiary/aromatic N) is 2. The molecule has 5 nitrogen and oxygen atoms in total. The average molecular weight is 407 g/mol. The summed E-state index contributed by atoms with van der Waals surface area (Å²) in [7, 11) is 0. The standard InChI is InChI=1S/C22H38N4OS/c1-5-23-22(24-12-8-9-13-28-4)25-14-20-10-6-7-11-21(20)17-26-15-18(2)27-19(3)16-26/h6-7,10-11,18-19H,5,8-9,12-17H2,1-4H3,(H2,23,24,25). The summed E-state index contributed by atoms with van der Waals surface area (Å²) in [5.74, 6) is 2.14. The fraction of sp³-hybridized carbons (Fsp3) is 0.682. The maximum absolute atomic E-state index is 5.87. The summed E-state index contributed by atoms with van der Waals surface area (Å²) >= 11 is 1.91. The lowest BCUT2D eigenvalue weighted by Crippen LogP contribution is -2.44. The van der Waals surface area contributed by atoms with Gasteiger partial charge < -0.3 is 15.4 Å². The Bertz CT molecular complexity index is 586. The maximum atomic E-state index is 5.87. The van der Waals surface area contributed by atoms with Crippen LogP contribution in [0.1, 0.15) is 44.7 Å². The molecule has 1 aliphatic rings. The predicted molar refractivity (Wildman–Crippen MR) is 122 cm³/mol. The first-order valence-electron chi connectivity index (χ1n) is 10.6. The van der Waals surface area contributed by atoms with Crippen LogP contribution in [0.25, 0.3) is 0 Å². The van der Waals surface area contributed by atoms with E-state index in [2.05, 4.69) is 66.8 Å². The summed E-state index contributed by atoms with van der Waals surface area (Å²) in [6.07, 6.45) is 5.17. The first kappa shape index (κ1) is 23.0. The van der Waals surface area contributed by atoms with Gasteiger partial charge in [0, 0.05) is 32.7 Å². The summed E-state index contributed by atoms with van der Waals surface area (Å²) in [4.78, 5) is 7.33. The molecule has 1 fully saturated rings. The smallest absolute Gasteiger partial charge is 0.191 e. The zero-order valence-corrected chi connectivity index (χ0v) is 18.9. The van der Waals surface area contributed by atoms with Crippen molar-refractivity contribution in [2.75, 3.05) is 38.2 Å². The minimum Gasteiger partial charge on any atom is -0.373 e. The molecule has 2 rings (SSSR count). The van der Waals surface area contributed by atoms with Gasteiger partial charge in [-0.3, -0.25) is 4.90 Å². The number of hydrogen-bond acceptors (Lipinski definition) is 4. The van der Waals surface area contributed by atoms with Crippen LogP contribution in [-0.2, 0) is 17.8 Å². The number of morpholine rings is 1. The third-order valence-corrected chi connectivity index (χ3v) is 5.52. The lowest BCUT2D eigenvalue weighted by atomic mass is 10.1. The molecule has 0 amide bonds. The van der Waals surface area contributed by atoms with Crippen molar-refractivity contribution in [2.45, 2.75) is 58.9 Å². The second-order valence-electron chi connectivity index (χ2n) is 7.54. The number of hydrogen-bond donors (Lipinski definition) is 2. The molecule has 0 aromatic heterocycles. The van der Waals surface area contributed by atoms with Crippen LogP contribution in [0, 0.1) is 0 Å². The Morgan fingerprint density at radius 2 is 1.86 bits per heavy atom. The van der Waals surface area contributed by atoms with E-state index in [-0.39, 0.29) is 0 Å². The van der Waals surface area contributed by atoms with E-state index in [0.717, 1.165) is 38.7 Å². The van der Waals surface area contributed by atoms with Gasteiger partial charge in [-0.15, -0.1) is 0 Å². The van der Waals surface area contributed by atoms with Crippen LogP contribution in [0.2, 0.25) is 0 Å². The highest BCUT2D eigenvalue weighted by molar-refractivity contribution is 7.98. The fourth-order valence-electron chi connectivity index (χ4n) is 3.60. The molecule has 0 spiro atoms. The van der Waals surface area contributed by atoms with Crippen molar-refractivity contribution in [2.24, 2.45) is 4.99 Å². The van der Waals surface area contributed by atoms with E-state index in [9.17, 15) is 0 Å². The molecule has 2 atom stereocenters. The van der Waals surface area contributed by atoms with Crippen LogP contribution in [-0.4, -0.2) is 61.3 Å². The van der Waals surface area contributed by atoms with Gasteiger partial charge >= 0.3 is 0 Å². The lowest BCUT2D eigenvalue weighted by Gasteiger charge is -2.35. The van der Waals surface area contributed by atoms with Gasteiger partial charge in [-0.25, -0.2) is 4.99 Å². The normalized spacial score (nSPS) is 20.9. The third-order valence-electron chi connectivity index (χ3n) is 4.83. The molecule has 158 valence electrons. The number of guanidine groups is 1. The SMILES string of the molecule is CCNC(=NCc1ccccc1CN1CC(C)OC(C)C1)NCCCCSC. The molecule has 1 aromatic carbocycles. The van der Waals surface area contributed by atoms with Gasteiger partial charge in [-0.05, 0) is 56.7 Å². The Morgan fingerprint density at radius 3 is 2.54 bits per heavy atom. The molecule has 0 aliphatic carbocycles. The Kier molecular flexibility index (Phi) is 10.8. The number of thioether (sulfide) groups is 1. The van der Waals surface area contributed by atoms with E-state index in [1.807, 2.05) is 11.8 Å². The molecule has 2 unspecified atom stereocenters. The summed E-state index contributed by atoms with van der Waals surface area (Å²) in [5, 5.41) is 6.83. The van der Waals surface area contributed by atoms with Gasteiger partial charge in [0.15, 0.2) is 5.96 Å². The molecule has 0 bridgehead atoms. The zero-order chi connectivity index (χ0) is 20.2. The molecule has 28 heavy (non-hydrogen) atoms. The lowest BCUT2D eigenvalue weighted by molar-refractivity contribution is -0.0705. The van der Waals surface area contributed by atoms with Crippen molar-refractivity contribution >= 4 is 17.7 Å². The Balaban J connectivity index is 1.95. The van der Waals surface area contributed by atoms with E-state index in [1.165, 1.54) is 29.7 Å². The van der Waals surface area contributed by atoms with Crippen LogP contribution >= 0.6 is 11.8 Å². The Labute approximate surface area is 175 Å². The first-order valence-corrected chi connectivity index (χ1v) is 12.0. The van der Waals surface area contributed by atoms with E-state index < -0.39 is 0 Å². The highest BCUT2D eigenvalue weighted by Gasteiger charge is 2.22. The van der Waals surface area contributed by atoms with E-state index >= 15 is 0 Å². The molecule has 0 radical (unpaired) electrons. The van der Waals surface area contributed by atoms with Gasteiger partial charge in [0.1, 0.15) is 0 Å². The number of benzene rings is 1. The van der Waals surface area contributed by atoms with Crippen LogP contribution in [0.15, 0.2) is 29.3 Å². The van der Waals surface area contributed by atoms with Crippen LogP contribution in [0.4, 0.5) is 0 Å². The average Bonchev–Trinajstić information content (AvgIpc) is 2.66. The van der Waals surface area contributed by atoms with Gasteiger partial charge in [-0.1, -0.05) is 24.3 Å². The molecular formula is C22H38N4OS. The summed E-state index contributed by atoms with van der Waals surface area (Å²) in [6, 6.07) is 8.68. The van der Waals surface area contributed by atoms with E-state index in [1.54, 1.807) is 0 Å². The Hall–Kier alpha value is -1.24. The van der Waals surface area contributed by atoms with Gasteiger partial charge in [0.05, 0.1) is 18.8 Å². The van der Waals surface area contributed by atoms with Gasteiger partial charge in [0.25, 0.3) is 0 Å². The van der Waals surface area contributed by atoms with Crippen molar-refractivity contribution in [3.05, 3.63) is 35.4 Å². The number of unbranched alkanes of at least 4 members (excludes halogenated alkanes) is 1. The molecule has 1 saturated heterocycles. The third kappa shape index (κ3) is 8.41. The van der Waals surface area contributed by atoms with Gasteiger partial charge in [-0.2, -0.15) is 11.8 Å². The Morgan fingerprint density at radius 1 is 1.14 bits per heavy atom. The number of nitrogens with one attached hydrogen (secondary N) is 2. The predicted octanol–water partition coefficient (Wildman–Crippen LogP) is 3.49. The summed E-state index contributed by atoms with van der Waals surface area (Å²) in [5.41, 5.74) is 2.66. The highest BCUT2D eigenvalue weighted by atomic mass is 32.2. The van der Waals surface area contributed by atoms with Crippen LogP contribution in [0.3, 0.4) is 0 Å². The number of rotatable bonds is 10. The minimum atomic E-state index is 0.296. The monoisotopic (exact) mass is 406 g/mol. The molecule has 1 heterocycles. The van der Waals surface area contributed by atoms with Gasteiger partial charge in [0.2, 0.25) is 0 Å². The number of ether oxygens (including phenoxy) is 1. The minimum absolute atomic E-state index is 0.296. The quantitative estimate of drug-likeness (QED) is 0.354. The molecule has 1 aromatic rings. The number of aliphatic imine (C=N–C) groups is 1. The fourth-order valence-corrected chi connectivity index (χ4v) is 4.10. The maximum Gasteiger partial charge on any atom is 0.191 e. The second kappa shape index (κ2) is 13.1. The van der Waals surface area contributed by atoms with Crippen molar-refractivity contribution in [1.82, 2.24) is 15.5 Å². The van der Waals surface area contributed by atoms with Crippen LogP contribution < -0.4 is 10.6 Å². The topological polar surface area (TPSA) is 48.9 Å². The van der Waals surface area contributed by atoms with E-state index in [0.29, 0.717) is 18.8 Å². The first-order chi connectivity index (χ1) is 13.6. The molecule has 0 saturated carbocycles. The van der Waals surface area contributed by atoms with E-state index in [4.69, 9.17) is 9.73 Å². The molecular weight excluding hydrogens is 368 g/mol.